The second kappa shape index (κ2) is 13.4. The van der Waals surface area contributed by atoms with Crippen LogP contribution in [0.1, 0.15) is 36.8 Å². The summed E-state index contributed by atoms with van der Waals surface area (Å²) in [5.41, 5.74) is 17.7. The molecule has 3 aliphatic rings. The van der Waals surface area contributed by atoms with Crippen molar-refractivity contribution in [1.29, 1.82) is 0 Å². The molecule has 1 aromatic heterocycles. The van der Waals surface area contributed by atoms with Gasteiger partial charge in [0.25, 0.3) is 0 Å². The van der Waals surface area contributed by atoms with Crippen LogP contribution in [0.25, 0.3) is 55.0 Å². The van der Waals surface area contributed by atoms with Crippen molar-refractivity contribution in [2.24, 2.45) is 0 Å². The van der Waals surface area contributed by atoms with Gasteiger partial charge in [-0.2, -0.15) is 0 Å². The first-order valence-electron chi connectivity index (χ1n) is 19.9. The van der Waals surface area contributed by atoms with Crippen molar-refractivity contribution >= 4 is 55.2 Å². The third-order valence-corrected chi connectivity index (χ3v) is 11.8. The van der Waals surface area contributed by atoms with Crippen LogP contribution in [0.4, 0.5) is 17.1 Å². The molecule has 2 nitrogen and oxygen atoms in total. The molecule has 11 rings (SSSR count). The molecule has 0 saturated carbocycles. The third kappa shape index (κ3) is 5.33. The van der Waals surface area contributed by atoms with Crippen molar-refractivity contribution in [2.75, 3.05) is 4.90 Å². The Balaban J connectivity index is 1.13. The second-order valence-corrected chi connectivity index (χ2v) is 15.1. The van der Waals surface area contributed by atoms with Gasteiger partial charge in [0.2, 0.25) is 0 Å². The average Bonchev–Trinajstić information content (AvgIpc) is 3.77. The van der Waals surface area contributed by atoms with E-state index in [1.807, 2.05) is 0 Å². The van der Waals surface area contributed by atoms with Crippen LogP contribution in [0.15, 0.2) is 211 Å². The quantitative estimate of drug-likeness (QED) is 0.166. The summed E-state index contributed by atoms with van der Waals surface area (Å²) in [5.74, 6) is 0. The second-order valence-electron chi connectivity index (χ2n) is 15.1. The molecule has 0 fully saturated rings. The number of hydrogen-bond donors (Lipinski definition) is 0. The Morgan fingerprint density at radius 3 is 2.11 bits per heavy atom. The summed E-state index contributed by atoms with van der Waals surface area (Å²) < 4.78 is 2.42. The van der Waals surface area contributed by atoms with Crippen molar-refractivity contribution in [3.63, 3.8) is 0 Å². The Hall–Kier alpha value is -6.90. The summed E-state index contributed by atoms with van der Waals surface area (Å²) in [5, 5.41) is 4.97. The standard InChI is InChI=1S/C54H40N2/c1-4-17-38(18-5-1)53(39-19-6-2-7-20-39)54-48-26-13-12-24-45(48)46-32-30-43(36-50(46)54)55(41-22-8-3-9-23-41)44-31-33-52-49(35-44)47-25-14-15-27-51(47)56(52)42-29-28-37-16-10-11-21-40(37)34-42/h1,3-4,6,8-17,19-36H,2,5,7,18H2/b54-53+. The zero-order valence-corrected chi connectivity index (χ0v) is 31.2. The highest BCUT2D eigenvalue weighted by Gasteiger charge is 2.30. The predicted octanol–water partition coefficient (Wildman–Crippen LogP) is 14.7. The molecule has 0 atom stereocenters. The minimum absolute atomic E-state index is 1.04. The monoisotopic (exact) mass is 716 g/mol. The number of fused-ring (bicyclic) bond motifs is 7. The van der Waals surface area contributed by atoms with Crippen molar-refractivity contribution < 1.29 is 0 Å². The first-order chi connectivity index (χ1) is 27.8. The number of nitrogens with zero attached hydrogens (tertiary/aromatic N) is 2. The molecule has 266 valence electrons. The van der Waals surface area contributed by atoms with Crippen LogP contribution in [0.5, 0.6) is 0 Å². The lowest BCUT2D eigenvalue weighted by atomic mass is 9.83. The molecule has 0 N–H and O–H groups in total. The van der Waals surface area contributed by atoms with Gasteiger partial charge in [0.1, 0.15) is 0 Å². The zero-order valence-electron chi connectivity index (χ0n) is 31.2. The molecule has 56 heavy (non-hydrogen) atoms. The fourth-order valence-electron chi connectivity index (χ4n) is 9.28. The molecule has 7 aromatic carbocycles. The van der Waals surface area contributed by atoms with Crippen LogP contribution in [0.3, 0.4) is 0 Å². The van der Waals surface area contributed by atoms with Gasteiger partial charge in [-0.3, -0.25) is 0 Å². The largest absolute Gasteiger partial charge is 0.310 e. The van der Waals surface area contributed by atoms with E-state index in [2.05, 4.69) is 204 Å². The van der Waals surface area contributed by atoms with E-state index >= 15 is 0 Å². The number of benzene rings is 7. The maximum atomic E-state index is 2.45. The van der Waals surface area contributed by atoms with Gasteiger partial charge in [-0.25, -0.2) is 0 Å². The fraction of sp³-hybridized carbons (Fsp3) is 0.0741. The highest BCUT2D eigenvalue weighted by Crippen LogP contribution is 2.51. The van der Waals surface area contributed by atoms with Gasteiger partial charge in [0.15, 0.2) is 0 Å². The van der Waals surface area contributed by atoms with E-state index in [0.717, 1.165) is 42.7 Å². The molecule has 8 aromatic rings. The van der Waals surface area contributed by atoms with E-state index in [9.17, 15) is 0 Å². The molecule has 0 bridgehead atoms. The smallest absolute Gasteiger partial charge is 0.0542 e. The maximum absolute atomic E-state index is 2.45. The molecule has 0 radical (unpaired) electrons. The van der Waals surface area contributed by atoms with Crippen LogP contribution in [-0.2, 0) is 0 Å². The van der Waals surface area contributed by atoms with E-state index < -0.39 is 0 Å². The molecule has 0 saturated heterocycles. The van der Waals surface area contributed by atoms with Crippen molar-refractivity contribution in [3.8, 4) is 16.8 Å². The predicted molar refractivity (Wildman–Crippen MR) is 237 cm³/mol. The summed E-state index contributed by atoms with van der Waals surface area (Å²) in [6.45, 7) is 0. The van der Waals surface area contributed by atoms with Crippen molar-refractivity contribution in [1.82, 2.24) is 4.57 Å². The summed E-state index contributed by atoms with van der Waals surface area (Å²) in [6.07, 6.45) is 18.3. The minimum Gasteiger partial charge on any atom is -0.310 e. The van der Waals surface area contributed by atoms with Gasteiger partial charge in [-0.15, -0.1) is 0 Å². The van der Waals surface area contributed by atoms with Crippen LogP contribution in [0.2, 0.25) is 0 Å². The lowest BCUT2D eigenvalue weighted by molar-refractivity contribution is 0.964. The van der Waals surface area contributed by atoms with E-state index in [1.165, 1.54) is 82.8 Å². The summed E-state index contributed by atoms with van der Waals surface area (Å²) in [4.78, 5) is 2.44. The first-order valence-corrected chi connectivity index (χ1v) is 19.9. The van der Waals surface area contributed by atoms with E-state index in [1.54, 1.807) is 0 Å². The average molecular weight is 717 g/mol. The summed E-state index contributed by atoms with van der Waals surface area (Å²) in [7, 11) is 0. The molecule has 3 aliphatic carbocycles. The van der Waals surface area contributed by atoms with Gasteiger partial charge in [0, 0.05) is 33.5 Å². The Morgan fingerprint density at radius 2 is 1.25 bits per heavy atom. The number of anilines is 3. The number of rotatable bonds is 6. The summed E-state index contributed by atoms with van der Waals surface area (Å²) >= 11 is 0. The van der Waals surface area contributed by atoms with E-state index in [0.29, 0.717) is 0 Å². The Labute approximate surface area is 328 Å². The van der Waals surface area contributed by atoms with Gasteiger partial charge in [-0.05, 0) is 142 Å². The fourth-order valence-corrected chi connectivity index (χ4v) is 9.28. The molecular weight excluding hydrogens is 677 g/mol. The molecule has 0 aliphatic heterocycles. The van der Waals surface area contributed by atoms with E-state index in [4.69, 9.17) is 0 Å². The SMILES string of the molecule is C1=CCCC(/C(C2=CCCC=C2)=C2/c3ccccc3-c3ccc(N(c4ccccc4)c4ccc5c(c4)c4ccccc4n5-c4ccc5ccccc5c4)cc32)=C1. The number of para-hydroxylation sites is 2. The molecular formula is C54H40N2. The maximum Gasteiger partial charge on any atom is 0.0542 e. The zero-order chi connectivity index (χ0) is 37.0. The van der Waals surface area contributed by atoms with Crippen molar-refractivity contribution in [2.45, 2.75) is 25.7 Å². The van der Waals surface area contributed by atoms with Crippen LogP contribution in [0, 0.1) is 0 Å². The highest BCUT2D eigenvalue weighted by molar-refractivity contribution is 6.11. The van der Waals surface area contributed by atoms with Gasteiger partial charge >= 0.3 is 0 Å². The first kappa shape index (κ1) is 32.5. The number of aromatic nitrogens is 1. The molecule has 0 unspecified atom stereocenters. The van der Waals surface area contributed by atoms with Gasteiger partial charge < -0.3 is 9.47 Å². The molecule has 0 spiro atoms. The van der Waals surface area contributed by atoms with Crippen molar-refractivity contribution in [3.05, 3.63) is 222 Å². The Morgan fingerprint density at radius 1 is 0.500 bits per heavy atom. The van der Waals surface area contributed by atoms with Crippen LogP contribution in [-0.4, -0.2) is 4.57 Å². The third-order valence-electron chi connectivity index (χ3n) is 11.8. The van der Waals surface area contributed by atoms with E-state index in [-0.39, 0.29) is 0 Å². The summed E-state index contributed by atoms with van der Waals surface area (Å²) in [6, 6.07) is 58.2. The topological polar surface area (TPSA) is 8.17 Å². The van der Waals surface area contributed by atoms with Crippen LogP contribution < -0.4 is 4.90 Å². The molecule has 2 heteroatoms. The number of hydrogen-bond acceptors (Lipinski definition) is 1. The van der Waals surface area contributed by atoms with Gasteiger partial charge in [0.05, 0.1) is 11.0 Å². The Bertz CT molecular complexity index is 3020. The minimum atomic E-state index is 1.04. The Kier molecular flexibility index (Phi) is 7.81. The van der Waals surface area contributed by atoms with Gasteiger partial charge in [-0.1, -0.05) is 134 Å². The molecule has 1 heterocycles. The highest BCUT2D eigenvalue weighted by atomic mass is 15.1. The lowest BCUT2D eigenvalue weighted by Crippen LogP contribution is -2.10. The normalized spacial score (nSPS) is 15.5. The van der Waals surface area contributed by atoms with Crippen LogP contribution >= 0.6 is 0 Å². The molecule has 0 amide bonds. The number of allylic oxidation sites excluding steroid dienone is 9. The lowest BCUT2D eigenvalue weighted by Gasteiger charge is -2.27.